The van der Waals surface area contributed by atoms with Crippen LogP contribution in [0.4, 0.5) is 0 Å². The standard InChI is InChI=1S/C19H25N3/c1-15(2)17-8-3-4-9-18(17)19-14-22(12-11-21-19)13-16-7-5-6-10-20-16/h3-10,15,19,21H,11-14H2,1-2H3/t19-/m0/s1. The minimum atomic E-state index is 0.413. The highest BCUT2D eigenvalue weighted by Gasteiger charge is 2.23. The predicted octanol–water partition coefficient (Wildman–Crippen LogP) is 3.35. The van der Waals surface area contributed by atoms with Gasteiger partial charge in [-0.3, -0.25) is 9.88 Å². The maximum atomic E-state index is 4.45. The fraction of sp³-hybridized carbons (Fsp3) is 0.421. The maximum Gasteiger partial charge on any atom is 0.0543 e. The van der Waals surface area contributed by atoms with Crippen molar-refractivity contribution in [3.8, 4) is 0 Å². The first-order chi connectivity index (χ1) is 10.7. The second-order valence-electron chi connectivity index (χ2n) is 6.35. The van der Waals surface area contributed by atoms with Crippen LogP contribution in [0.5, 0.6) is 0 Å². The van der Waals surface area contributed by atoms with Gasteiger partial charge in [-0.2, -0.15) is 0 Å². The molecule has 0 saturated carbocycles. The van der Waals surface area contributed by atoms with Crippen molar-refractivity contribution in [1.82, 2.24) is 15.2 Å². The number of hydrogen-bond donors (Lipinski definition) is 1. The summed E-state index contributed by atoms with van der Waals surface area (Å²) in [6.07, 6.45) is 1.88. The van der Waals surface area contributed by atoms with Gasteiger partial charge in [0.15, 0.2) is 0 Å². The molecule has 3 nitrogen and oxygen atoms in total. The fourth-order valence-electron chi connectivity index (χ4n) is 3.24. The molecule has 1 saturated heterocycles. The van der Waals surface area contributed by atoms with Gasteiger partial charge in [0.1, 0.15) is 0 Å². The van der Waals surface area contributed by atoms with E-state index < -0.39 is 0 Å². The molecule has 2 aromatic rings. The topological polar surface area (TPSA) is 28.2 Å². The van der Waals surface area contributed by atoms with Crippen LogP contribution in [-0.4, -0.2) is 29.5 Å². The first-order valence-electron chi connectivity index (χ1n) is 8.18. The average molecular weight is 295 g/mol. The molecule has 1 atom stereocenters. The van der Waals surface area contributed by atoms with Gasteiger partial charge in [0.05, 0.1) is 5.69 Å². The van der Waals surface area contributed by atoms with E-state index in [1.165, 1.54) is 11.1 Å². The zero-order valence-electron chi connectivity index (χ0n) is 13.5. The van der Waals surface area contributed by atoms with Gasteiger partial charge in [-0.15, -0.1) is 0 Å². The van der Waals surface area contributed by atoms with Gasteiger partial charge in [-0.05, 0) is 29.2 Å². The molecule has 1 aromatic carbocycles. The van der Waals surface area contributed by atoms with Crippen LogP contribution in [0.2, 0.25) is 0 Å². The molecule has 1 fully saturated rings. The van der Waals surface area contributed by atoms with E-state index in [2.05, 4.69) is 65.4 Å². The van der Waals surface area contributed by atoms with Crippen LogP contribution < -0.4 is 5.32 Å². The summed E-state index contributed by atoms with van der Waals surface area (Å²) < 4.78 is 0. The van der Waals surface area contributed by atoms with E-state index in [1.807, 2.05) is 12.3 Å². The third kappa shape index (κ3) is 3.54. The van der Waals surface area contributed by atoms with Crippen molar-refractivity contribution in [2.75, 3.05) is 19.6 Å². The summed E-state index contributed by atoms with van der Waals surface area (Å²) in [6.45, 7) is 8.63. The Morgan fingerprint density at radius 2 is 2.00 bits per heavy atom. The Balaban J connectivity index is 1.73. The summed E-state index contributed by atoms with van der Waals surface area (Å²) in [5.74, 6) is 0.559. The molecule has 0 unspecified atom stereocenters. The van der Waals surface area contributed by atoms with Crippen LogP contribution in [0.25, 0.3) is 0 Å². The number of benzene rings is 1. The molecule has 0 spiro atoms. The average Bonchev–Trinajstić information content (AvgIpc) is 2.56. The molecule has 1 N–H and O–H groups in total. The second-order valence-corrected chi connectivity index (χ2v) is 6.35. The Labute approximate surface area is 133 Å². The van der Waals surface area contributed by atoms with Gasteiger partial charge in [0.25, 0.3) is 0 Å². The molecule has 1 aliphatic heterocycles. The Hall–Kier alpha value is -1.71. The summed E-state index contributed by atoms with van der Waals surface area (Å²) in [4.78, 5) is 6.95. The zero-order valence-corrected chi connectivity index (χ0v) is 13.5. The lowest BCUT2D eigenvalue weighted by molar-refractivity contribution is 0.191. The molecular weight excluding hydrogens is 270 g/mol. The number of piperazine rings is 1. The first kappa shape index (κ1) is 15.2. The predicted molar refractivity (Wildman–Crippen MR) is 90.8 cm³/mol. The van der Waals surface area contributed by atoms with Crippen LogP contribution in [0.3, 0.4) is 0 Å². The lowest BCUT2D eigenvalue weighted by Crippen LogP contribution is -2.45. The molecule has 0 aliphatic carbocycles. The van der Waals surface area contributed by atoms with Crippen LogP contribution in [0.15, 0.2) is 48.7 Å². The van der Waals surface area contributed by atoms with Gasteiger partial charge < -0.3 is 5.32 Å². The van der Waals surface area contributed by atoms with E-state index in [0.717, 1.165) is 31.9 Å². The molecule has 1 aliphatic rings. The van der Waals surface area contributed by atoms with E-state index in [-0.39, 0.29) is 0 Å². The highest BCUT2D eigenvalue weighted by Crippen LogP contribution is 2.27. The molecule has 0 bridgehead atoms. The highest BCUT2D eigenvalue weighted by molar-refractivity contribution is 5.33. The van der Waals surface area contributed by atoms with Gasteiger partial charge in [-0.25, -0.2) is 0 Å². The number of hydrogen-bond acceptors (Lipinski definition) is 3. The van der Waals surface area contributed by atoms with Crippen molar-refractivity contribution in [2.45, 2.75) is 32.4 Å². The van der Waals surface area contributed by atoms with Crippen molar-refractivity contribution in [3.05, 3.63) is 65.5 Å². The summed E-state index contributed by atoms with van der Waals surface area (Å²) in [5, 5.41) is 3.68. The minimum absolute atomic E-state index is 0.413. The first-order valence-corrected chi connectivity index (χ1v) is 8.18. The van der Waals surface area contributed by atoms with E-state index in [9.17, 15) is 0 Å². The maximum absolute atomic E-state index is 4.45. The number of rotatable bonds is 4. The Bertz CT molecular complexity index is 595. The van der Waals surface area contributed by atoms with E-state index >= 15 is 0 Å². The van der Waals surface area contributed by atoms with E-state index in [1.54, 1.807) is 0 Å². The zero-order chi connectivity index (χ0) is 15.4. The summed E-state index contributed by atoms with van der Waals surface area (Å²) in [6, 6.07) is 15.4. The lowest BCUT2D eigenvalue weighted by Gasteiger charge is -2.35. The molecule has 0 radical (unpaired) electrons. The van der Waals surface area contributed by atoms with E-state index in [0.29, 0.717) is 12.0 Å². The summed E-state index contributed by atoms with van der Waals surface area (Å²) >= 11 is 0. The highest BCUT2D eigenvalue weighted by atomic mass is 15.2. The number of nitrogens with one attached hydrogen (secondary N) is 1. The molecule has 22 heavy (non-hydrogen) atoms. The fourth-order valence-corrected chi connectivity index (χ4v) is 3.24. The molecule has 3 heteroatoms. The Morgan fingerprint density at radius 3 is 2.77 bits per heavy atom. The number of pyridine rings is 1. The van der Waals surface area contributed by atoms with E-state index in [4.69, 9.17) is 0 Å². The SMILES string of the molecule is CC(C)c1ccccc1[C@@H]1CN(Cc2ccccn2)CCN1. The van der Waals surface area contributed by atoms with Gasteiger partial charge in [0.2, 0.25) is 0 Å². The van der Waals surface area contributed by atoms with Crippen molar-refractivity contribution in [2.24, 2.45) is 0 Å². The largest absolute Gasteiger partial charge is 0.308 e. The van der Waals surface area contributed by atoms with Crippen molar-refractivity contribution in [1.29, 1.82) is 0 Å². The smallest absolute Gasteiger partial charge is 0.0543 e. The summed E-state index contributed by atoms with van der Waals surface area (Å²) in [5.41, 5.74) is 4.06. The third-order valence-electron chi connectivity index (χ3n) is 4.36. The second kappa shape index (κ2) is 7.03. The molecule has 2 heterocycles. The molecule has 0 amide bonds. The Kier molecular flexibility index (Phi) is 4.86. The van der Waals surface area contributed by atoms with Crippen LogP contribution >= 0.6 is 0 Å². The van der Waals surface area contributed by atoms with Crippen molar-refractivity contribution >= 4 is 0 Å². The van der Waals surface area contributed by atoms with Crippen LogP contribution in [0, 0.1) is 0 Å². The molecule has 3 rings (SSSR count). The monoisotopic (exact) mass is 295 g/mol. The van der Waals surface area contributed by atoms with Crippen molar-refractivity contribution in [3.63, 3.8) is 0 Å². The normalized spacial score (nSPS) is 19.5. The van der Waals surface area contributed by atoms with Crippen LogP contribution in [-0.2, 0) is 6.54 Å². The van der Waals surface area contributed by atoms with Gasteiger partial charge in [-0.1, -0.05) is 44.2 Å². The quantitative estimate of drug-likeness (QED) is 0.937. The minimum Gasteiger partial charge on any atom is -0.308 e. The van der Waals surface area contributed by atoms with Crippen molar-refractivity contribution < 1.29 is 0 Å². The number of aromatic nitrogens is 1. The molecule has 1 aromatic heterocycles. The van der Waals surface area contributed by atoms with Gasteiger partial charge >= 0.3 is 0 Å². The van der Waals surface area contributed by atoms with Crippen LogP contribution in [0.1, 0.15) is 42.6 Å². The molecular formula is C19H25N3. The van der Waals surface area contributed by atoms with Gasteiger partial charge in [0, 0.05) is 38.4 Å². The third-order valence-corrected chi connectivity index (χ3v) is 4.36. The summed E-state index contributed by atoms with van der Waals surface area (Å²) in [7, 11) is 0. The lowest BCUT2D eigenvalue weighted by atomic mass is 9.92. The molecule has 116 valence electrons. The number of nitrogens with zero attached hydrogens (tertiary/aromatic N) is 2. The Morgan fingerprint density at radius 1 is 1.18 bits per heavy atom.